The first-order valence-corrected chi connectivity index (χ1v) is 5.88. The summed E-state index contributed by atoms with van der Waals surface area (Å²) in [6, 6.07) is 10.3. The lowest BCUT2D eigenvalue weighted by atomic mass is 10.1. The van der Waals surface area contributed by atoms with Gasteiger partial charge >= 0.3 is 6.03 Å². The molecule has 1 aromatic heterocycles. The molecule has 0 unspecified atom stereocenters. The van der Waals surface area contributed by atoms with Gasteiger partial charge in [0.2, 0.25) is 0 Å². The van der Waals surface area contributed by atoms with Crippen molar-refractivity contribution < 1.29 is 14.0 Å². The first-order valence-electron chi connectivity index (χ1n) is 5.88. The van der Waals surface area contributed by atoms with Gasteiger partial charge in [-0.25, -0.2) is 4.79 Å². The summed E-state index contributed by atoms with van der Waals surface area (Å²) in [5, 5.41) is 2.49. The van der Waals surface area contributed by atoms with E-state index in [1.54, 1.807) is 12.1 Å². The van der Waals surface area contributed by atoms with Gasteiger partial charge < -0.3 is 20.3 Å². The number of urea groups is 1. The Kier molecular flexibility index (Phi) is 3.97. The van der Waals surface area contributed by atoms with E-state index < -0.39 is 6.03 Å². The summed E-state index contributed by atoms with van der Waals surface area (Å²) >= 11 is 0. The molecular formula is C14H14N2O3. The van der Waals surface area contributed by atoms with Gasteiger partial charge in [0.25, 0.3) is 0 Å². The highest BCUT2D eigenvalue weighted by Crippen LogP contribution is 2.24. The van der Waals surface area contributed by atoms with Crippen molar-refractivity contribution in [2.75, 3.05) is 5.32 Å². The van der Waals surface area contributed by atoms with Gasteiger partial charge in [0.1, 0.15) is 17.8 Å². The molecule has 0 saturated heterocycles. The van der Waals surface area contributed by atoms with Crippen molar-refractivity contribution >= 4 is 18.0 Å². The molecule has 3 N–H and O–H groups in total. The standard InChI is InChI=1S/C14H14N2O3/c15-14(18)16-11-5-3-10(4-6-11)13-8-7-12(19-13)2-1-9-17/h3-9H,1-2H2,(H3,15,16,18). The molecule has 0 spiro atoms. The van der Waals surface area contributed by atoms with E-state index in [0.29, 0.717) is 18.5 Å². The molecule has 0 saturated carbocycles. The number of amides is 2. The van der Waals surface area contributed by atoms with Crippen molar-refractivity contribution in [3.05, 3.63) is 42.2 Å². The van der Waals surface area contributed by atoms with Gasteiger partial charge in [0, 0.05) is 24.1 Å². The molecule has 0 aliphatic carbocycles. The van der Waals surface area contributed by atoms with Crippen LogP contribution in [0.2, 0.25) is 0 Å². The Hall–Kier alpha value is -2.56. The van der Waals surface area contributed by atoms with E-state index in [-0.39, 0.29) is 0 Å². The number of aryl methyl sites for hydroxylation is 1. The lowest BCUT2D eigenvalue weighted by Crippen LogP contribution is -2.19. The zero-order chi connectivity index (χ0) is 13.7. The molecule has 2 rings (SSSR count). The number of carbonyl (C=O) groups excluding carboxylic acids is 2. The van der Waals surface area contributed by atoms with E-state index in [1.165, 1.54) is 0 Å². The average Bonchev–Trinajstić information content (AvgIpc) is 2.85. The predicted molar refractivity (Wildman–Crippen MR) is 71.7 cm³/mol. The SMILES string of the molecule is NC(=O)Nc1ccc(-c2ccc(CCC=O)o2)cc1. The molecular weight excluding hydrogens is 244 g/mol. The van der Waals surface area contributed by atoms with Gasteiger partial charge in [-0.3, -0.25) is 0 Å². The minimum Gasteiger partial charge on any atom is -0.461 e. The topological polar surface area (TPSA) is 85.3 Å². The predicted octanol–water partition coefficient (Wildman–Crippen LogP) is 2.57. The largest absolute Gasteiger partial charge is 0.461 e. The third-order valence-electron chi connectivity index (χ3n) is 2.61. The fraction of sp³-hybridized carbons (Fsp3) is 0.143. The highest BCUT2D eigenvalue weighted by Gasteiger charge is 2.05. The van der Waals surface area contributed by atoms with Crippen LogP contribution in [0.15, 0.2) is 40.8 Å². The van der Waals surface area contributed by atoms with Gasteiger partial charge in [-0.1, -0.05) is 0 Å². The van der Waals surface area contributed by atoms with Crippen LogP contribution in [-0.4, -0.2) is 12.3 Å². The quantitative estimate of drug-likeness (QED) is 0.808. The summed E-state index contributed by atoms with van der Waals surface area (Å²) in [6.45, 7) is 0. The van der Waals surface area contributed by atoms with Crippen LogP contribution in [0.5, 0.6) is 0 Å². The van der Waals surface area contributed by atoms with Crippen molar-refractivity contribution in [1.29, 1.82) is 0 Å². The highest BCUT2D eigenvalue weighted by molar-refractivity contribution is 5.88. The van der Waals surface area contributed by atoms with E-state index in [2.05, 4.69) is 5.32 Å². The van der Waals surface area contributed by atoms with Crippen molar-refractivity contribution in [2.45, 2.75) is 12.8 Å². The van der Waals surface area contributed by atoms with Crippen molar-refractivity contribution in [2.24, 2.45) is 5.73 Å². The summed E-state index contributed by atoms with van der Waals surface area (Å²) in [6.07, 6.45) is 1.92. The molecule has 1 heterocycles. The molecule has 5 nitrogen and oxygen atoms in total. The number of benzene rings is 1. The molecule has 2 aromatic rings. The Morgan fingerprint density at radius 3 is 2.58 bits per heavy atom. The third-order valence-corrected chi connectivity index (χ3v) is 2.61. The number of carbonyl (C=O) groups is 2. The van der Waals surface area contributed by atoms with Crippen LogP contribution in [0, 0.1) is 0 Å². The number of nitrogens with two attached hydrogens (primary N) is 1. The summed E-state index contributed by atoms with van der Waals surface area (Å²) in [5.41, 5.74) is 6.55. The van der Waals surface area contributed by atoms with Crippen molar-refractivity contribution in [3.63, 3.8) is 0 Å². The molecule has 2 amide bonds. The number of aldehydes is 1. The third kappa shape index (κ3) is 3.45. The minimum absolute atomic E-state index is 0.453. The molecule has 98 valence electrons. The second-order valence-corrected chi connectivity index (χ2v) is 4.04. The normalized spacial score (nSPS) is 10.1. The number of hydrogen-bond donors (Lipinski definition) is 2. The second-order valence-electron chi connectivity index (χ2n) is 4.04. The van der Waals surface area contributed by atoms with Gasteiger partial charge in [-0.2, -0.15) is 0 Å². The fourth-order valence-corrected chi connectivity index (χ4v) is 1.73. The van der Waals surface area contributed by atoms with Gasteiger partial charge in [-0.15, -0.1) is 0 Å². The molecule has 0 radical (unpaired) electrons. The summed E-state index contributed by atoms with van der Waals surface area (Å²) in [5.74, 6) is 1.51. The van der Waals surface area contributed by atoms with Crippen LogP contribution in [0.25, 0.3) is 11.3 Å². The summed E-state index contributed by atoms with van der Waals surface area (Å²) in [7, 11) is 0. The monoisotopic (exact) mass is 258 g/mol. The molecule has 0 bridgehead atoms. The Bertz CT molecular complexity index is 573. The minimum atomic E-state index is -0.595. The van der Waals surface area contributed by atoms with E-state index in [1.807, 2.05) is 24.3 Å². The maximum Gasteiger partial charge on any atom is 0.316 e. The van der Waals surface area contributed by atoms with Gasteiger partial charge in [0.15, 0.2) is 0 Å². The van der Waals surface area contributed by atoms with Crippen LogP contribution >= 0.6 is 0 Å². The lowest BCUT2D eigenvalue weighted by Gasteiger charge is -2.02. The summed E-state index contributed by atoms with van der Waals surface area (Å²) in [4.78, 5) is 21.0. The molecule has 0 aliphatic rings. The van der Waals surface area contributed by atoms with Crippen LogP contribution in [-0.2, 0) is 11.2 Å². The molecule has 1 aromatic carbocycles. The van der Waals surface area contributed by atoms with E-state index in [4.69, 9.17) is 10.2 Å². The van der Waals surface area contributed by atoms with E-state index in [0.717, 1.165) is 23.4 Å². The van der Waals surface area contributed by atoms with Crippen LogP contribution in [0.4, 0.5) is 10.5 Å². The van der Waals surface area contributed by atoms with E-state index in [9.17, 15) is 9.59 Å². The first kappa shape index (κ1) is 12.9. The highest BCUT2D eigenvalue weighted by atomic mass is 16.3. The number of primary amides is 1. The van der Waals surface area contributed by atoms with Crippen LogP contribution in [0.1, 0.15) is 12.2 Å². The molecule has 19 heavy (non-hydrogen) atoms. The van der Waals surface area contributed by atoms with Crippen LogP contribution < -0.4 is 11.1 Å². The smallest absolute Gasteiger partial charge is 0.316 e. The zero-order valence-electron chi connectivity index (χ0n) is 10.3. The number of nitrogens with one attached hydrogen (secondary N) is 1. The van der Waals surface area contributed by atoms with Crippen molar-refractivity contribution in [3.8, 4) is 11.3 Å². The first-order chi connectivity index (χ1) is 9.19. The van der Waals surface area contributed by atoms with Crippen molar-refractivity contribution in [1.82, 2.24) is 0 Å². The Morgan fingerprint density at radius 1 is 1.21 bits per heavy atom. The Balaban J connectivity index is 2.10. The number of rotatable bonds is 5. The summed E-state index contributed by atoms with van der Waals surface area (Å²) < 4.78 is 5.62. The Labute approximate surface area is 110 Å². The number of hydrogen-bond acceptors (Lipinski definition) is 3. The van der Waals surface area contributed by atoms with Gasteiger partial charge in [0.05, 0.1) is 0 Å². The molecule has 0 fully saturated rings. The maximum absolute atomic E-state index is 10.7. The molecule has 0 atom stereocenters. The lowest BCUT2D eigenvalue weighted by molar-refractivity contribution is -0.107. The molecule has 5 heteroatoms. The molecule has 0 aliphatic heterocycles. The van der Waals surface area contributed by atoms with E-state index >= 15 is 0 Å². The number of anilines is 1. The van der Waals surface area contributed by atoms with Gasteiger partial charge in [-0.05, 0) is 36.4 Å². The Morgan fingerprint density at radius 2 is 1.95 bits per heavy atom. The van der Waals surface area contributed by atoms with Crippen LogP contribution in [0.3, 0.4) is 0 Å². The second kappa shape index (κ2) is 5.86. The average molecular weight is 258 g/mol. The maximum atomic E-state index is 10.7. The number of furan rings is 1. The zero-order valence-corrected chi connectivity index (χ0v) is 10.3. The fourth-order valence-electron chi connectivity index (χ4n) is 1.73.